The Labute approximate surface area is 70.6 Å². The molecule has 1 rings (SSSR count). The van der Waals surface area contributed by atoms with E-state index in [2.05, 4.69) is 6.92 Å². The molecule has 2 nitrogen and oxygen atoms in total. The van der Waals surface area contributed by atoms with Gasteiger partial charge in [-0.1, -0.05) is 13.3 Å². The second-order valence-electron chi connectivity index (χ2n) is 2.48. The van der Waals surface area contributed by atoms with Crippen LogP contribution in [0.15, 0.2) is 11.4 Å². The molecular formula is C7H11BO2S. The molecule has 0 atom stereocenters. The van der Waals surface area contributed by atoms with Gasteiger partial charge in [-0.3, -0.25) is 0 Å². The molecule has 1 aromatic rings. The molecule has 0 unspecified atom stereocenters. The third-order valence-corrected chi connectivity index (χ3v) is 2.49. The minimum atomic E-state index is -1.30. The van der Waals surface area contributed by atoms with Crippen LogP contribution in [-0.2, 0) is 6.42 Å². The monoisotopic (exact) mass is 170 g/mol. The molecule has 0 aliphatic rings. The summed E-state index contributed by atoms with van der Waals surface area (Å²) in [5, 5.41) is 19.5. The first kappa shape index (κ1) is 8.78. The zero-order chi connectivity index (χ0) is 8.27. The van der Waals surface area contributed by atoms with E-state index in [0.29, 0.717) is 4.78 Å². The maximum atomic E-state index is 8.77. The normalized spacial score (nSPS) is 10.1. The molecule has 0 amide bonds. The Morgan fingerprint density at radius 1 is 1.55 bits per heavy atom. The maximum Gasteiger partial charge on any atom is 0.499 e. The van der Waals surface area contributed by atoms with Crippen LogP contribution in [-0.4, -0.2) is 17.2 Å². The molecule has 0 saturated carbocycles. The largest absolute Gasteiger partial charge is 0.499 e. The predicted octanol–water partition coefficient (Wildman–Crippen LogP) is 0.380. The highest BCUT2D eigenvalue weighted by Gasteiger charge is 2.12. The molecule has 2 N–H and O–H groups in total. The summed E-state index contributed by atoms with van der Waals surface area (Å²) >= 11 is 1.40. The minimum absolute atomic E-state index is 0.633. The van der Waals surface area contributed by atoms with Gasteiger partial charge in [0.1, 0.15) is 0 Å². The van der Waals surface area contributed by atoms with E-state index in [9.17, 15) is 0 Å². The Bertz CT molecular complexity index is 222. The van der Waals surface area contributed by atoms with Crippen molar-refractivity contribution < 1.29 is 10.0 Å². The lowest BCUT2D eigenvalue weighted by molar-refractivity contribution is 0.427. The number of thiophene rings is 1. The number of rotatable bonds is 3. The van der Waals surface area contributed by atoms with Gasteiger partial charge in [-0.15, -0.1) is 0 Å². The fourth-order valence-electron chi connectivity index (χ4n) is 0.950. The lowest BCUT2D eigenvalue weighted by atomic mass is 9.89. The van der Waals surface area contributed by atoms with Gasteiger partial charge in [0.15, 0.2) is 0 Å². The number of hydrogen-bond acceptors (Lipinski definition) is 3. The van der Waals surface area contributed by atoms with Crippen LogP contribution in [0.5, 0.6) is 0 Å². The third-order valence-electron chi connectivity index (χ3n) is 1.47. The highest BCUT2D eigenvalue weighted by Crippen LogP contribution is 2.06. The summed E-state index contributed by atoms with van der Waals surface area (Å²) < 4.78 is 0.633. The summed E-state index contributed by atoms with van der Waals surface area (Å²) in [4.78, 5) is 0. The van der Waals surface area contributed by atoms with E-state index >= 15 is 0 Å². The van der Waals surface area contributed by atoms with Gasteiger partial charge in [0.25, 0.3) is 0 Å². The molecule has 60 valence electrons. The second kappa shape index (κ2) is 3.90. The van der Waals surface area contributed by atoms with E-state index in [1.165, 1.54) is 16.9 Å². The van der Waals surface area contributed by atoms with Gasteiger partial charge in [0.2, 0.25) is 0 Å². The van der Waals surface area contributed by atoms with E-state index < -0.39 is 7.12 Å². The van der Waals surface area contributed by atoms with E-state index in [1.807, 2.05) is 11.4 Å². The van der Waals surface area contributed by atoms with Crippen LogP contribution in [0, 0.1) is 0 Å². The van der Waals surface area contributed by atoms with Crippen LogP contribution in [0.2, 0.25) is 0 Å². The number of hydrogen-bond donors (Lipinski definition) is 2. The van der Waals surface area contributed by atoms with Crippen LogP contribution >= 0.6 is 11.3 Å². The third kappa shape index (κ3) is 2.32. The maximum absolute atomic E-state index is 8.77. The topological polar surface area (TPSA) is 40.5 Å². The average Bonchev–Trinajstić information content (AvgIpc) is 2.37. The fourth-order valence-corrected chi connectivity index (χ4v) is 1.76. The molecule has 4 heteroatoms. The summed E-state index contributed by atoms with van der Waals surface area (Å²) in [5.74, 6) is 0. The first-order valence-corrected chi connectivity index (χ1v) is 4.55. The van der Waals surface area contributed by atoms with E-state index in [0.717, 1.165) is 12.8 Å². The quantitative estimate of drug-likeness (QED) is 0.643. The number of aryl methyl sites for hydroxylation is 1. The van der Waals surface area contributed by atoms with Crippen LogP contribution in [0.3, 0.4) is 0 Å². The van der Waals surface area contributed by atoms with Gasteiger partial charge < -0.3 is 10.0 Å². The van der Waals surface area contributed by atoms with Crippen LogP contribution < -0.4 is 4.78 Å². The molecule has 0 radical (unpaired) electrons. The van der Waals surface area contributed by atoms with Crippen molar-refractivity contribution in [3.8, 4) is 0 Å². The first-order valence-electron chi connectivity index (χ1n) is 3.67. The van der Waals surface area contributed by atoms with E-state index in [1.54, 1.807) is 0 Å². The van der Waals surface area contributed by atoms with E-state index in [-0.39, 0.29) is 0 Å². The van der Waals surface area contributed by atoms with Crippen molar-refractivity contribution in [2.24, 2.45) is 0 Å². The van der Waals surface area contributed by atoms with Crippen molar-refractivity contribution in [3.05, 3.63) is 17.0 Å². The standard InChI is InChI=1S/C7H11BO2S/c1-2-3-6-4-7(8(9)10)11-5-6/h4-5,9-10H,2-3H2,1H3. The average molecular weight is 170 g/mol. The van der Waals surface area contributed by atoms with Gasteiger partial charge >= 0.3 is 7.12 Å². The molecule has 0 spiro atoms. The van der Waals surface area contributed by atoms with Crippen LogP contribution in [0.25, 0.3) is 0 Å². The molecule has 0 fully saturated rings. The smallest absolute Gasteiger partial charge is 0.423 e. The van der Waals surface area contributed by atoms with Crippen molar-refractivity contribution >= 4 is 23.2 Å². The van der Waals surface area contributed by atoms with Crippen LogP contribution in [0.4, 0.5) is 0 Å². The van der Waals surface area contributed by atoms with Crippen molar-refractivity contribution in [2.45, 2.75) is 19.8 Å². The molecule has 1 heterocycles. The summed E-state index contributed by atoms with van der Waals surface area (Å²) in [6.45, 7) is 2.10. The van der Waals surface area contributed by atoms with Gasteiger partial charge in [-0.2, -0.15) is 11.3 Å². The molecular weight excluding hydrogens is 159 g/mol. The van der Waals surface area contributed by atoms with Gasteiger partial charge in [-0.25, -0.2) is 0 Å². The molecule has 0 aliphatic carbocycles. The highest BCUT2D eigenvalue weighted by atomic mass is 32.1. The summed E-state index contributed by atoms with van der Waals surface area (Å²) in [5.41, 5.74) is 1.20. The molecule has 0 saturated heterocycles. The van der Waals surface area contributed by atoms with Gasteiger partial charge in [0.05, 0.1) is 0 Å². The molecule has 0 bridgehead atoms. The summed E-state index contributed by atoms with van der Waals surface area (Å²) in [6, 6.07) is 1.85. The Balaban J connectivity index is 2.66. The van der Waals surface area contributed by atoms with Crippen LogP contribution in [0.1, 0.15) is 18.9 Å². The molecule has 0 aromatic carbocycles. The Hall–Kier alpha value is -0.315. The Morgan fingerprint density at radius 3 is 2.73 bits per heavy atom. The summed E-state index contributed by atoms with van der Waals surface area (Å²) in [6.07, 6.45) is 2.11. The zero-order valence-corrected chi connectivity index (χ0v) is 7.27. The predicted molar refractivity (Wildman–Crippen MR) is 48.1 cm³/mol. The zero-order valence-electron chi connectivity index (χ0n) is 6.45. The van der Waals surface area contributed by atoms with Crippen molar-refractivity contribution in [1.29, 1.82) is 0 Å². The summed E-state index contributed by atoms with van der Waals surface area (Å²) in [7, 11) is -1.30. The second-order valence-corrected chi connectivity index (χ2v) is 3.42. The Kier molecular flexibility index (Phi) is 3.11. The van der Waals surface area contributed by atoms with Crippen molar-refractivity contribution in [1.82, 2.24) is 0 Å². The molecule has 0 aliphatic heterocycles. The first-order chi connectivity index (χ1) is 5.24. The fraction of sp³-hybridized carbons (Fsp3) is 0.429. The highest BCUT2D eigenvalue weighted by molar-refractivity contribution is 7.20. The SMILES string of the molecule is CCCc1csc(B(O)O)c1. The lowest BCUT2D eigenvalue weighted by Gasteiger charge is -1.90. The van der Waals surface area contributed by atoms with Gasteiger partial charge in [-0.05, 0) is 23.4 Å². The molecule has 1 aromatic heterocycles. The lowest BCUT2D eigenvalue weighted by Crippen LogP contribution is -2.26. The Morgan fingerprint density at radius 2 is 2.27 bits per heavy atom. The minimum Gasteiger partial charge on any atom is -0.423 e. The van der Waals surface area contributed by atoms with Gasteiger partial charge in [0, 0.05) is 4.78 Å². The van der Waals surface area contributed by atoms with Crippen molar-refractivity contribution in [3.63, 3.8) is 0 Å². The van der Waals surface area contributed by atoms with E-state index in [4.69, 9.17) is 10.0 Å². The van der Waals surface area contributed by atoms with Crippen molar-refractivity contribution in [2.75, 3.05) is 0 Å². The molecule has 11 heavy (non-hydrogen) atoms.